The van der Waals surface area contributed by atoms with E-state index in [0.29, 0.717) is 10.6 Å². The second kappa shape index (κ2) is 6.07. The van der Waals surface area contributed by atoms with Gasteiger partial charge in [0.25, 0.3) is 5.91 Å². The Morgan fingerprint density at radius 2 is 1.86 bits per heavy atom. The van der Waals surface area contributed by atoms with Gasteiger partial charge in [-0.1, -0.05) is 23.7 Å². The van der Waals surface area contributed by atoms with Crippen LogP contribution in [0.1, 0.15) is 28.3 Å². The van der Waals surface area contributed by atoms with Gasteiger partial charge in [-0.15, -0.1) is 11.3 Å². The molecule has 1 atom stereocenters. The smallest absolute Gasteiger partial charge is 0.254 e. The van der Waals surface area contributed by atoms with E-state index in [4.69, 9.17) is 11.6 Å². The molecule has 0 aliphatic heterocycles. The number of rotatable bonds is 3. The molecule has 0 saturated carbocycles. The first-order chi connectivity index (χ1) is 10.6. The van der Waals surface area contributed by atoms with E-state index in [0.717, 1.165) is 15.2 Å². The number of benzene rings is 2. The zero-order valence-electron chi connectivity index (χ0n) is 12.3. The van der Waals surface area contributed by atoms with Crippen LogP contribution in [0.5, 0.6) is 0 Å². The fraction of sp³-hybridized carbons (Fsp3) is 0.176. The number of carbonyl (C=O) groups is 1. The summed E-state index contributed by atoms with van der Waals surface area (Å²) in [4.78, 5) is 18.9. The van der Waals surface area contributed by atoms with Gasteiger partial charge in [0.1, 0.15) is 5.01 Å². The van der Waals surface area contributed by atoms with Gasteiger partial charge in [0.05, 0.1) is 16.3 Å². The van der Waals surface area contributed by atoms with Gasteiger partial charge in [-0.3, -0.25) is 4.79 Å². The Hall–Kier alpha value is -1.91. The van der Waals surface area contributed by atoms with E-state index in [2.05, 4.69) is 4.98 Å². The molecule has 3 rings (SSSR count). The van der Waals surface area contributed by atoms with Crippen LogP contribution in [0.25, 0.3) is 10.2 Å². The van der Waals surface area contributed by atoms with Crippen LogP contribution in [0.2, 0.25) is 5.02 Å². The van der Waals surface area contributed by atoms with Crippen LogP contribution >= 0.6 is 22.9 Å². The van der Waals surface area contributed by atoms with Gasteiger partial charge in [-0.25, -0.2) is 4.98 Å². The summed E-state index contributed by atoms with van der Waals surface area (Å²) in [6.45, 7) is 1.99. The number of thiazole rings is 1. The zero-order valence-corrected chi connectivity index (χ0v) is 13.9. The topological polar surface area (TPSA) is 33.2 Å². The van der Waals surface area contributed by atoms with E-state index in [1.165, 1.54) is 0 Å². The first kappa shape index (κ1) is 15.0. The maximum absolute atomic E-state index is 12.5. The monoisotopic (exact) mass is 330 g/mol. The number of hydrogen-bond donors (Lipinski definition) is 0. The third-order valence-corrected chi connectivity index (χ3v) is 5.12. The molecule has 3 aromatic rings. The minimum atomic E-state index is -0.0828. The summed E-state index contributed by atoms with van der Waals surface area (Å²) < 4.78 is 1.14. The minimum absolute atomic E-state index is 0.0385. The molecule has 0 radical (unpaired) electrons. The molecule has 0 saturated heterocycles. The average Bonchev–Trinajstić information content (AvgIpc) is 2.97. The lowest BCUT2D eigenvalue weighted by atomic mass is 10.2. The Kier molecular flexibility index (Phi) is 4.14. The van der Waals surface area contributed by atoms with Crippen LogP contribution in [0.4, 0.5) is 0 Å². The van der Waals surface area contributed by atoms with E-state index in [9.17, 15) is 4.79 Å². The van der Waals surface area contributed by atoms with E-state index in [-0.39, 0.29) is 11.9 Å². The highest BCUT2D eigenvalue weighted by molar-refractivity contribution is 7.18. The molecule has 1 aromatic heterocycles. The van der Waals surface area contributed by atoms with Gasteiger partial charge >= 0.3 is 0 Å². The molecular weight excluding hydrogens is 316 g/mol. The van der Waals surface area contributed by atoms with Gasteiger partial charge in [-0.05, 0) is 43.3 Å². The number of halogens is 1. The van der Waals surface area contributed by atoms with Crippen LogP contribution < -0.4 is 0 Å². The molecule has 22 heavy (non-hydrogen) atoms. The number of para-hydroxylation sites is 1. The number of fused-ring (bicyclic) bond motifs is 1. The summed E-state index contributed by atoms with van der Waals surface area (Å²) in [5, 5.41) is 1.56. The molecule has 0 N–H and O–H groups in total. The van der Waals surface area contributed by atoms with Crippen molar-refractivity contribution < 1.29 is 4.79 Å². The molecule has 0 aliphatic carbocycles. The molecule has 1 heterocycles. The molecule has 0 unspecified atom stereocenters. The predicted octanol–water partition coefficient (Wildman–Crippen LogP) is 4.78. The average molecular weight is 331 g/mol. The summed E-state index contributed by atoms with van der Waals surface area (Å²) >= 11 is 7.49. The lowest BCUT2D eigenvalue weighted by Gasteiger charge is -2.23. The van der Waals surface area contributed by atoms with Crippen molar-refractivity contribution in [1.82, 2.24) is 9.88 Å². The Morgan fingerprint density at radius 3 is 2.55 bits per heavy atom. The van der Waals surface area contributed by atoms with E-state index >= 15 is 0 Å². The number of amides is 1. The van der Waals surface area contributed by atoms with Gasteiger partial charge in [-0.2, -0.15) is 0 Å². The second-order valence-corrected chi connectivity index (χ2v) is 6.62. The fourth-order valence-electron chi connectivity index (χ4n) is 2.21. The van der Waals surface area contributed by atoms with Crippen molar-refractivity contribution in [2.45, 2.75) is 13.0 Å². The lowest BCUT2D eigenvalue weighted by Crippen LogP contribution is -2.29. The Balaban J connectivity index is 1.85. The quantitative estimate of drug-likeness (QED) is 0.692. The Bertz CT molecular complexity index is 780. The first-order valence-corrected chi connectivity index (χ1v) is 8.14. The normalized spacial score (nSPS) is 12.3. The summed E-state index contributed by atoms with van der Waals surface area (Å²) in [6, 6.07) is 14.9. The standard InChI is InChI=1S/C17H15ClN2OS/c1-11(16-19-14-5-3-4-6-15(14)22-16)20(2)17(21)12-7-9-13(18)10-8-12/h3-11H,1-2H3/t11-/m1/s1. The van der Waals surface area contributed by atoms with Crippen molar-refractivity contribution in [3.05, 3.63) is 64.1 Å². The number of carbonyl (C=O) groups excluding carboxylic acids is 1. The van der Waals surface area contributed by atoms with Crippen molar-refractivity contribution in [3.63, 3.8) is 0 Å². The summed E-state index contributed by atoms with van der Waals surface area (Å²) in [5.74, 6) is -0.0385. The van der Waals surface area contributed by atoms with Crippen LogP contribution in [-0.4, -0.2) is 22.8 Å². The SMILES string of the molecule is C[C@H](c1nc2ccccc2s1)N(C)C(=O)c1ccc(Cl)cc1. The summed E-state index contributed by atoms with van der Waals surface area (Å²) in [6.07, 6.45) is 0. The summed E-state index contributed by atoms with van der Waals surface area (Å²) in [7, 11) is 1.80. The van der Waals surface area contributed by atoms with Crippen LogP contribution in [0.3, 0.4) is 0 Å². The molecule has 3 nitrogen and oxygen atoms in total. The molecule has 0 spiro atoms. The molecule has 0 bridgehead atoms. The number of nitrogens with zero attached hydrogens (tertiary/aromatic N) is 2. The Morgan fingerprint density at radius 1 is 1.18 bits per heavy atom. The van der Waals surface area contributed by atoms with Crippen LogP contribution in [0.15, 0.2) is 48.5 Å². The van der Waals surface area contributed by atoms with E-state index in [1.54, 1.807) is 47.5 Å². The van der Waals surface area contributed by atoms with Crippen molar-refractivity contribution in [1.29, 1.82) is 0 Å². The molecule has 1 amide bonds. The van der Waals surface area contributed by atoms with Crippen LogP contribution in [-0.2, 0) is 0 Å². The largest absolute Gasteiger partial charge is 0.333 e. The predicted molar refractivity (Wildman–Crippen MR) is 91.6 cm³/mol. The third kappa shape index (κ3) is 2.85. The molecular formula is C17H15ClN2OS. The molecule has 112 valence electrons. The second-order valence-electron chi connectivity index (χ2n) is 5.12. The fourth-order valence-corrected chi connectivity index (χ4v) is 3.40. The summed E-state index contributed by atoms with van der Waals surface area (Å²) in [5.41, 5.74) is 1.60. The van der Waals surface area contributed by atoms with E-state index < -0.39 is 0 Å². The third-order valence-electron chi connectivity index (χ3n) is 3.66. The lowest BCUT2D eigenvalue weighted by molar-refractivity contribution is 0.0742. The first-order valence-electron chi connectivity index (χ1n) is 6.94. The van der Waals surface area contributed by atoms with Crippen molar-refractivity contribution in [2.75, 3.05) is 7.05 Å². The van der Waals surface area contributed by atoms with Gasteiger partial charge < -0.3 is 4.90 Å². The molecule has 0 fully saturated rings. The van der Waals surface area contributed by atoms with E-state index in [1.807, 2.05) is 31.2 Å². The maximum atomic E-state index is 12.5. The highest BCUT2D eigenvalue weighted by Crippen LogP contribution is 2.29. The van der Waals surface area contributed by atoms with Crippen molar-refractivity contribution in [2.24, 2.45) is 0 Å². The zero-order chi connectivity index (χ0) is 15.7. The highest BCUT2D eigenvalue weighted by Gasteiger charge is 2.21. The van der Waals surface area contributed by atoms with Gasteiger partial charge in [0, 0.05) is 17.6 Å². The molecule has 0 aliphatic rings. The molecule has 5 heteroatoms. The minimum Gasteiger partial charge on any atom is -0.333 e. The number of aromatic nitrogens is 1. The highest BCUT2D eigenvalue weighted by atomic mass is 35.5. The number of hydrogen-bond acceptors (Lipinski definition) is 3. The van der Waals surface area contributed by atoms with Gasteiger partial charge in [0.2, 0.25) is 0 Å². The molecule has 2 aromatic carbocycles. The Labute approximate surface area is 138 Å². The van der Waals surface area contributed by atoms with Crippen molar-refractivity contribution in [3.8, 4) is 0 Å². The van der Waals surface area contributed by atoms with Gasteiger partial charge in [0.15, 0.2) is 0 Å². The maximum Gasteiger partial charge on any atom is 0.254 e. The van der Waals surface area contributed by atoms with Crippen molar-refractivity contribution >= 4 is 39.1 Å². The van der Waals surface area contributed by atoms with Crippen LogP contribution in [0, 0.1) is 0 Å².